The first kappa shape index (κ1) is 16.6. The van der Waals surface area contributed by atoms with Gasteiger partial charge in [-0.05, 0) is 48.1 Å². The number of pyridine rings is 1. The van der Waals surface area contributed by atoms with E-state index in [1.807, 2.05) is 6.07 Å². The number of hydrogen-bond acceptors (Lipinski definition) is 4. The van der Waals surface area contributed by atoms with Crippen molar-refractivity contribution in [2.75, 3.05) is 6.26 Å². The topological polar surface area (TPSA) is 82.8 Å². The molecule has 1 heterocycles. The van der Waals surface area contributed by atoms with E-state index in [4.69, 9.17) is 5.26 Å². The normalized spacial score (nSPS) is 15.7. The average Bonchev–Trinajstić information content (AvgIpc) is 3.36. The maximum Gasteiger partial charge on any atom is 0.209 e. The molecule has 0 aliphatic heterocycles. The third-order valence-electron chi connectivity index (χ3n) is 3.98. The summed E-state index contributed by atoms with van der Waals surface area (Å²) in [7, 11) is -3.34. The summed E-state index contributed by atoms with van der Waals surface area (Å²) in [4.78, 5) is 4.17. The third kappa shape index (κ3) is 3.78. The van der Waals surface area contributed by atoms with Gasteiger partial charge in [-0.25, -0.2) is 17.5 Å². The van der Waals surface area contributed by atoms with E-state index in [9.17, 15) is 12.8 Å². The molecule has 1 N–H and O–H groups in total. The van der Waals surface area contributed by atoms with Gasteiger partial charge < -0.3 is 0 Å². The van der Waals surface area contributed by atoms with E-state index in [2.05, 4.69) is 9.71 Å². The maximum absolute atomic E-state index is 13.8. The number of benzene rings is 1. The summed E-state index contributed by atoms with van der Waals surface area (Å²) >= 11 is 0. The van der Waals surface area contributed by atoms with E-state index in [1.54, 1.807) is 24.5 Å². The zero-order valence-electron chi connectivity index (χ0n) is 13.0. The highest BCUT2D eigenvalue weighted by atomic mass is 32.2. The van der Waals surface area contributed by atoms with Crippen LogP contribution in [0.4, 0.5) is 4.39 Å². The Kier molecular flexibility index (Phi) is 4.35. The molecular weight excluding hydrogens is 329 g/mol. The Morgan fingerprint density at radius 3 is 2.62 bits per heavy atom. The number of sulfonamides is 1. The molecular formula is C17H16FN3O2S. The van der Waals surface area contributed by atoms with Gasteiger partial charge in [-0.3, -0.25) is 4.98 Å². The first-order chi connectivity index (χ1) is 11.4. The van der Waals surface area contributed by atoms with Gasteiger partial charge in [0, 0.05) is 18.0 Å². The molecule has 3 rings (SSSR count). The molecule has 1 fully saturated rings. The quantitative estimate of drug-likeness (QED) is 0.903. The van der Waals surface area contributed by atoms with Crippen LogP contribution in [-0.2, 0) is 10.0 Å². The Morgan fingerprint density at radius 2 is 2.04 bits per heavy atom. The van der Waals surface area contributed by atoms with Crippen molar-refractivity contribution in [1.29, 1.82) is 5.26 Å². The van der Waals surface area contributed by atoms with E-state index in [-0.39, 0.29) is 17.5 Å². The first-order valence-electron chi connectivity index (χ1n) is 7.49. The van der Waals surface area contributed by atoms with Crippen LogP contribution in [0.25, 0.3) is 11.1 Å². The van der Waals surface area contributed by atoms with E-state index in [0.717, 1.165) is 24.7 Å². The lowest BCUT2D eigenvalue weighted by molar-refractivity contribution is 0.532. The molecule has 1 atom stereocenters. The van der Waals surface area contributed by atoms with Crippen molar-refractivity contribution < 1.29 is 12.8 Å². The van der Waals surface area contributed by atoms with Crippen LogP contribution in [0.5, 0.6) is 0 Å². The molecule has 0 bridgehead atoms. The van der Waals surface area contributed by atoms with Gasteiger partial charge in [-0.2, -0.15) is 5.26 Å². The lowest BCUT2D eigenvalue weighted by atomic mass is 10.00. The van der Waals surface area contributed by atoms with E-state index in [0.29, 0.717) is 11.1 Å². The summed E-state index contributed by atoms with van der Waals surface area (Å²) in [5.41, 5.74) is 2.01. The van der Waals surface area contributed by atoms with Gasteiger partial charge in [0.2, 0.25) is 10.0 Å². The van der Waals surface area contributed by atoms with Crippen molar-refractivity contribution in [1.82, 2.24) is 9.71 Å². The van der Waals surface area contributed by atoms with Crippen LogP contribution in [0.1, 0.15) is 30.0 Å². The monoisotopic (exact) mass is 345 g/mol. The number of nitriles is 1. The number of halogens is 1. The van der Waals surface area contributed by atoms with Crippen molar-refractivity contribution in [3.8, 4) is 17.2 Å². The van der Waals surface area contributed by atoms with Gasteiger partial charge >= 0.3 is 0 Å². The fourth-order valence-corrected chi connectivity index (χ4v) is 3.46. The summed E-state index contributed by atoms with van der Waals surface area (Å²) < 4.78 is 39.7. The minimum Gasteiger partial charge on any atom is -0.264 e. The molecule has 0 spiro atoms. The smallest absolute Gasteiger partial charge is 0.209 e. The van der Waals surface area contributed by atoms with Gasteiger partial charge in [-0.1, -0.05) is 6.07 Å². The summed E-state index contributed by atoms with van der Waals surface area (Å²) in [6.45, 7) is 0. The van der Waals surface area contributed by atoms with Gasteiger partial charge in [0.1, 0.15) is 11.9 Å². The van der Waals surface area contributed by atoms with Crippen LogP contribution in [0.2, 0.25) is 0 Å². The third-order valence-corrected chi connectivity index (χ3v) is 4.66. The predicted molar refractivity (Wildman–Crippen MR) is 87.8 cm³/mol. The van der Waals surface area contributed by atoms with Crippen molar-refractivity contribution in [3.63, 3.8) is 0 Å². The lowest BCUT2D eigenvalue weighted by Crippen LogP contribution is -2.28. The molecule has 24 heavy (non-hydrogen) atoms. The lowest BCUT2D eigenvalue weighted by Gasteiger charge is -2.18. The second-order valence-electron chi connectivity index (χ2n) is 6.02. The van der Waals surface area contributed by atoms with Crippen molar-refractivity contribution in [2.24, 2.45) is 5.92 Å². The zero-order chi connectivity index (χ0) is 17.3. The maximum atomic E-state index is 13.8. The zero-order valence-corrected chi connectivity index (χ0v) is 13.8. The molecule has 1 saturated carbocycles. The van der Waals surface area contributed by atoms with Crippen molar-refractivity contribution in [3.05, 3.63) is 53.6 Å². The number of hydrogen-bond donors (Lipinski definition) is 1. The molecule has 1 aromatic heterocycles. The van der Waals surface area contributed by atoms with Gasteiger partial charge in [0.15, 0.2) is 0 Å². The molecule has 5 nitrogen and oxygen atoms in total. The summed E-state index contributed by atoms with van der Waals surface area (Å²) in [5.74, 6) is -0.331. The summed E-state index contributed by atoms with van der Waals surface area (Å²) in [5, 5.41) is 8.81. The second kappa shape index (κ2) is 6.30. The summed E-state index contributed by atoms with van der Waals surface area (Å²) in [6, 6.07) is 7.64. The first-order valence-corrected chi connectivity index (χ1v) is 9.39. The Hall–Kier alpha value is -2.30. The van der Waals surface area contributed by atoms with Crippen LogP contribution in [0.3, 0.4) is 0 Å². The van der Waals surface area contributed by atoms with Crippen molar-refractivity contribution in [2.45, 2.75) is 18.9 Å². The van der Waals surface area contributed by atoms with E-state index in [1.165, 1.54) is 12.1 Å². The predicted octanol–water partition coefficient (Wildman–Crippen LogP) is 2.76. The van der Waals surface area contributed by atoms with Crippen LogP contribution in [0.15, 0.2) is 36.7 Å². The molecule has 1 aliphatic rings. The van der Waals surface area contributed by atoms with Crippen LogP contribution < -0.4 is 4.72 Å². The summed E-state index contributed by atoms with van der Waals surface area (Å²) in [6.07, 6.45) is 6.28. The Morgan fingerprint density at radius 1 is 1.29 bits per heavy atom. The molecule has 0 amide bonds. The Labute approximate surface area is 140 Å². The van der Waals surface area contributed by atoms with Gasteiger partial charge in [-0.15, -0.1) is 0 Å². The highest BCUT2D eigenvalue weighted by Gasteiger charge is 2.34. The van der Waals surface area contributed by atoms with E-state index >= 15 is 0 Å². The SMILES string of the molecule is CS(=O)(=O)NC(c1cncc(-c2ccc(C#N)c(F)c2)c1)C1CC1. The standard InChI is InChI=1S/C17H16FN3O2S/c1-24(22,23)21-17(11-2-3-11)15-6-14(9-20-10-15)12-4-5-13(8-19)16(18)7-12/h4-7,9-11,17,21H,2-3H2,1H3. The molecule has 1 unspecified atom stereocenters. The fourth-order valence-electron chi connectivity index (χ4n) is 2.67. The Bertz CT molecular complexity index is 918. The van der Waals surface area contributed by atoms with Crippen LogP contribution in [-0.4, -0.2) is 19.7 Å². The van der Waals surface area contributed by atoms with Crippen molar-refractivity contribution >= 4 is 10.0 Å². The number of nitrogens with one attached hydrogen (secondary N) is 1. The second-order valence-corrected chi connectivity index (χ2v) is 7.80. The molecule has 1 aromatic carbocycles. The molecule has 7 heteroatoms. The Balaban J connectivity index is 1.96. The minimum atomic E-state index is -3.34. The average molecular weight is 345 g/mol. The molecule has 1 aliphatic carbocycles. The number of nitrogens with zero attached hydrogens (tertiary/aromatic N) is 2. The highest BCUT2D eigenvalue weighted by molar-refractivity contribution is 7.88. The molecule has 2 aromatic rings. The molecule has 0 radical (unpaired) electrons. The number of aromatic nitrogens is 1. The molecule has 0 saturated heterocycles. The van der Waals surface area contributed by atoms with E-state index < -0.39 is 15.8 Å². The van der Waals surface area contributed by atoms with Crippen LogP contribution >= 0.6 is 0 Å². The van der Waals surface area contributed by atoms with Gasteiger partial charge in [0.25, 0.3) is 0 Å². The minimum absolute atomic E-state index is 0.0162. The van der Waals surface area contributed by atoms with Crippen LogP contribution in [0, 0.1) is 23.1 Å². The highest BCUT2D eigenvalue weighted by Crippen LogP contribution is 2.41. The largest absolute Gasteiger partial charge is 0.264 e. The number of rotatable bonds is 5. The molecule has 124 valence electrons. The fraction of sp³-hybridized carbons (Fsp3) is 0.294. The van der Waals surface area contributed by atoms with Gasteiger partial charge in [0.05, 0.1) is 17.9 Å².